The predicted molar refractivity (Wildman–Crippen MR) is 66.1 cm³/mol. The lowest BCUT2D eigenvalue weighted by Gasteiger charge is -2.16. The fourth-order valence-corrected chi connectivity index (χ4v) is 2.90. The third-order valence-electron chi connectivity index (χ3n) is 3.88. The van der Waals surface area contributed by atoms with E-state index in [2.05, 4.69) is 17.0 Å². The van der Waals surface area contributed by atoms with Gasteiger partial charge >= 0.3 is 0 Å². The lowest BCUT2D eigenvalue weighted by atomic mass is 10.0. The van der Waals surface area contributed by atoms with Crippen LogP contribution >= 0.6 is 0 Å². The first-order valence-corrected chi connectivity index (χ1v) is 6.28. The van der Waals surface area contributed by atoms with Crippen LogP contribution in [0.25, 0.3) is 0 Å². The van der Waals surface area contributed by atoms with Gasteiger partial charge in [-0.15, -0.1) is 0 Å². The van der Waals surface area contributed by atoms with Crippen LogP contribution in [-0.4, -0.2) is 38.3 Å². The van der Waals surface area contributed by atoms with E-state index in [0.717, 1.165) is 37.3 Å². The highest BCUT2D eigenvalue weighted by Gasteiger charge is 2.36. The molecule has 1 aromatic rings. The van der Waals surface area contributed by atoms with Crippen LogP contribution in [0, 0.1) is 11.8 Å². The van der Waals surface area contributed by atoms with E-state index >= 15 is 0 Å². The number of rotatable bonds is 3. The van der Waals surface area contributed by atoms with Crippen molar-refractivity contribution >= 4 is 0 Å². The maximum atomic E-state index is 5.50. The molecule has 3 nitrogen and oxygen atoms in total. The molecule has 0 bridgehead atoms. The Kier molecular flexibility index (Phi) is 3.04. The second kappa shape index (κ2) is 4.67. The van der Waals surface area contributed by atoms with Gasteiger partial charge in [-0.2, -0.15) is 0 Å². The molecule has 2 unspecified atom stereocenters. The van der Waals surface area contributed by atoms with Crippen molar-refractivity contribution in [2.75, 3.05) is 33.4 Å². The Labute approximate surface area is 102 Å². The zero-order valence-electron chi connectivity index (χ0n) is 10.3. The standard InChI is InChI=1S/C14H19NO2/c1-16-14-4-2-11(3-5-14)6-15-7-12-9-17-10-13(12)8-15/h2-5,12-13H,6-10H2,1H3. The molecule has 0 aliphatic carbocycles. The van der Waals surface area contributed by atoms with E-state index in [9.17, 15) is 0 Å². The summed E-state index contributed by atoms with van der Waals surface area (Å²) in [7, 11) is 1.71. The molecular formula is C14H19NO2. The molecule has 0 saturated carbocycles. The monoisotopic (exact) mass is 233 g/mol. The van der Waals surface area contributed by atoms with Crippen molar-refractivity contribution in [1.29, 1.82) is 0 Å². The molecule has 3 heteroatoms. The summed E-state index contributed by atoms with van der Waals surface area (Å²) in [5, 5.41) is 0. The quantitative estimate of drug-likeness (QED) is 0.794. The van der Waals surface area contributed by atoms with Crippen molar-refractivity contribution in [3.05, 3.63) is 29.8 Å². The molecule has 1 aromatic carbocycles. The molecule has 2 atom stereocenters. The summed E-state index contributed by atoms with van der Waals surface area (Å²) >= 11 is 0. The van der Waals surface area contributed by atoms with E-state index in [-0.39, 0.29) is 0 Å². The molecule has 2 heterocycles. The van der Waals surface area contributed by atoms with Crippen molar-refractivity contribution in [2.24, 2.45) is 11.8 Å². The summed E-state index contributed by atoms with van der Waals surface area (Å²) in [4.78, 5) is 2.54. The fourth-order valence-electron chi connectivity index (χ4n) is 2.90. The van der Waals surface area contributed by atoms with Gasteiger partial charge in [-0.1, -0.05) is 12.1 Å². The third kappa shape index (κ3) is 2.31. The largest absolute Gasteiger partial charge is 0.497 e. The molecule has 92 valence electrons. The Balaban J connectivity index is 1.59. The van der Waals surface area contributed by atoms with E-state index in [1.54, 1.807) is 7.11 Å². The maximum Gasteiger partial charge on any atom is 0.118 e. The fraction of sp³-hybridized carbons (Fsp3) is 0.571. The SMILES string of the molecule is COc1ccc(CN2CC3COCC3C2)cc1. The van der Waals surface area contributed by atoms with Gasteiger partial charge in [0, 0.05) is 31.5 Å². The highest BCUT2D eigenvalue weighted by molar-refractivity contribution is 5.27. The number of hydrogen-bond donors (Lipinski definition) is 0. The van der Waals surface area contributed by atoms with Crippen molar-refractivity contribution in [2.45, 2.75) is 6.54 Å². The van der Waals surface area contributed by atoms with E-state index in [1.165, 1.54) is 18.7 Å². The Hall–Kier alpha value is -1.06. The van der Waals surface area contributed by atoms with Crippen LogP contribution in [0.15, 0.2) is 24.3 Å². The minimum Gasteiger partial charge on any atom is -0.497 e. The average Bonchev–Trinajstić information content (AvgIpc) is 2.90. The minimum atomic E-state index is 0.772. The zero-order valence-corrected chi connectivity index (χ0v) is 10.3. The predicted octanol–water partition coefficient (Wildman–Crippen LogP) is 1.77. The molecule has 0 amide bonds. The van der Waals surface area contributed by atoms with Gasteiger partial charge in [-0.25, -0.2) is 0 Å². The molecule has 2 aliphatic heterocycles. The first kappa shape index (κ1) is 11.1. The van der Waals surface area contributed by atoms with Gasteiger partial charge in [0.25, 0.3) is 0 Å². The van der Waals surface area contributed by atoms with Crippen LogP contribution in [0.3, 0.4) is 0 Å². The van der Waals surface area contributed by atoms with Crippen molar-refractivity contribution < 1.29 is 9.47 Å². The Bertz CT molecular complexity index is 364. The summed E-state index contributed by atoms with van der Waals surface area (Å²) in [6.07, 6.45) is 0. The van der Waals surface area contributed by atoms with Crippen LogP contribution in [0.1, 0.15) is 5.56 Å². The van der Waals surface area contributed by atoms with E-state index in [1.807, 2.05) is 12.1 Å². The van der Waals surface area contributed by atoms with Gasteiger partial charge < -0.3 is 9.47 Å². The van der Waals surface area contributed by atoms with Crippen LogP contribution in [0.5, 0.6) is 5.75 Å². The van der Waals surface area contributed by atoms with Crippen molar-refractivity contribution in [3.8, 4) is 5.75 Å². The molecule has 3 rings (SSSR count). The number of likely N-dealkylation sites (tertiary alicyclic amines) is 1. The van der Waals surface area contributed by atoms with Crippen LogP contribution in [-0.2, 0) is 11.3 Å². The lowest BCUT2D eigenvalue weighted by molar-refractivity contribution is 0.153. The zero-order chi connectivity index (χ0) is 11.7. The number of fused-ring (bicyclic) bond motifs is 1. The molecule has 17 heavy (non-hydrogen) atoms. The van der Waals surface area contributed by atoms with Crippen LogP contribution in [0.4, 0.5) is 0 Å². The molecule has 2 aliphatic rings. The number of benzene rings is 1. The number of ether oxygens (including phenoxy) is 2. The van der Waals surface area contributed by atoms with Crippen LogP contribution < -0.4 is 4.74 Å². The summed E-state index contributed by atoms with van der Waals surface area (Å²) in [6, 6.07) is 8.39. The minimum absolute atomic E-state index is 0.772. The molecule has 2 fully saturated rings. The molecule has 0 N–H and O–H groups in total. The lowest BCUT2D eigenvalue weighted by Crippen LogP contribution is -2.22. The maximum absolute atomic E-state index is 5.50. The summed E-state index contributed by atoms with van der Waals surface area (Å²) in [6.45, 7) is 5.36. The first-order chi connectivity index (χ1) is 8.35. The summed E-state index contributed by atoms with van der Waals surface area (Å²) < 4.78 is 10.7. The van der Waals surface area contributed by atoms with Gasteiger partial charge in [0.15, 0.2) is 0 Å². The van der Waals surface area contributed by atoms with Gasteiger partial charge in [-0.05, 0) is 17.7 Å². The molecule has 2 saturated heterocycles. The Morgan fingerprint density at radius 2 is 1.82 bits per heavy atom. The smallest absolute Gasteiger partial charge is 0.118 e. The number of nitrogens with zero attached hydrogens (tertiary/aromatic N) is 1. The van der Waals surface area contributed by atoms with Crippen molar-refractivity contribution in [3.63, 3.8) is 0 Å². The highest BCUT2D eigenvalue weighted by atomic mass is 16.5. The van der Waals surface area contributed by atoms with E-state index < -0.39 is 0 Å². The second-order valence-corrected chi connectivity index (χ2v) is 5.10. The van der Waals surface area contributed by atoms with Gasteiger partial charge in [-0.3, -0.25) is 4.90 Å². The van der Waals surface area contributed by atoms with Crippen LogP contribution in [0.2, 0.25) is 0 Å². The first-order valence-electron chi connectivity index (χ1n) is 6.28. The molecular weight excluding hydrogens is 214 g/mol. The van der Waals surface area contributed by atoms with Gasteiger partial charge in [0.2, 0.25) is 0 Å². The summed E-state index contributed by atoms with van der Waals surface area (Å²) in [5.74, 6) is 2.47. The normalized spacial score (nSPS) is 28.3. The van der Waals surface area contributed by atoms with Crippen molar-refractivity contribution in [1.82, 2.24) is 4.90 Å². The Morgan fingerprint density at radius 3 is 2.41 bits per heavy atom. The van der Waals surface area contributed by atoms with E-state index in [4.69, 9.17) is 9.47 Å². The van der Waals surface area contributed by atoms with Gasteiger partial charge in [0.1, 0.15) is 5.75 Å². The molecule has 0 spiro atoms. The second-order valence-electron chi connectivity index (χ2n) is 5.10. The van der Waals surface area contributed by atoms with E-state index in [0.29, 0.717) is 0 Å². The third-order valence-corrected chi connectivity index (χ3v) is 3.88. The molecule has 0 aromatic heterocycles. The topological polar surface area (TPSA) is 21.7 Å². The Morgan fingerprint density at radius 1 is 1.18 bits per heavy atom. The summed E-state index contributed by atoms with van der Waals surface area (Å²) in [5.41, 5.74) is 1.37. The number of methoxy groups -OCH3 is 1. The van der Waals surface area contributed by atoms with Gasteiger partial charge in [0.05, 0.1) is 20.3 Å². The average molecular weight is 233 g/mol. The molecule has 0 radical (unpaired) electrons. The number of hydrogen-bond acceptors (Lipinski definition) is 3. The highest BCUT2D eigenvalue weighted by Crippen LogP contribution is 2.30.